The molecule has 1 fully saturated rings. The van der Waals surface area contributed by atoms with Gasteiger partial charge in [0.1, 0.15) is 10.3 Å². The van der Waals surface area contributed by atoms with Gasteiger partial charge >= 0.3 is 0 Å². The number of amides is 1. The first-order valence-corrected chi connectivity index (χ1v) is 6.63. The zero-order valence-electron chi connectivity index (χ0n) is 10.2. The molecule has 0 radical (unpaired) electrons. The minimum Gasteiger partial charge on any atom is -0.337 e. The summed E-state index contributed by atoms with van der Waals surface area (Å²) < 4.78 is 0. The molecule has 0 spiro atoms. The monoisotopic (exact) mass is 287 g/mol. The van der Waals surface area contributed by atoms with E-state index < -0.39 is 0 Å². The number of hydrogen-bond acceptors (Lipinski definition) is 3. The van der Waals surface area contributed by atoms with Gasteiger partial charge in [-0.25, -0.2) is 4.98 Å². The van der Waals surface area contributed by atoms with Gasteiger partial charge in [-0.05, 0) is 32.1 Å². The van der Waals surface area contributed by atoms with Crippen LogP contribution in [-0.2, 0) is 0 Å². The van der Waals surface area contributed by atoms with Crippen molar-refractivity contribution in [2.75, 3.05) is 33.2 Å². The van der Waals surface area contributed by atoms with E-state index in [1.54, 1.807) is 12.1 Å². The van der Waals surface area contributed by atoms with Crippen LogP contribution in [0.1, 0.15) is 16.8 Å². The third-order valence-corrected chi connectivity index (χ3v) is 3.55. The van der Waals surface area contributed by atoms with Crippen molar-refractivity contribution in [3.8, 4) is 0 Å². The van der Waals surface area contributed by atoms with Gasteiger partial charge in [-0.3, -0.25) is 4.79 Å². The highest BCUT2D eigenvalue weighted by atomic mass is 35.5. The fraction of sp³-hybridized carbons (Fsp3) is 0.500. The van der Waals surface area contributed by atoms with Crippen molar-refractivity contribution >= 4 is 29.1 Å². The molecule has 0 aliphatic carbocycles. The molecule has 98 valence electrons. The number of carbonyl (C=O) groups excluding carboxylic acids is 1. The number of aromatic nitrogens is 1. The normalized spacial score (nSPS) is 17.6. The highest BCUT2D eigenvalue weighted by Gasteiger charge is 2.21. The lowest BCUT2D eigenvalue weighted by atomic mass is 10.2. The quantitative estimate of drug-likeness (QED) is 0.743. The molecular weight excluding hydrogens is 273 g/mol. The van der Waals surface area contributed by atoms with Gasteiger partial charge in [0.15, 0.2) is 0 Å². The predicted molar refractivity (Wildman–Crippen MR) is 72.3 cm³/mol. The summed E-state index contributed by atoms with van der Waals surface area (Å²) in [6.45, 7) is 3.36. The first-order chi connectivity index (χ1) is 8.58. The van der Waals surface area contributed by atoms with Crippen LogP contribution in [-0.4, -0.2) is 53.9 Å². The SMILES string of the molecule is CN1CCCN(C(=O)c2ccc(Cl)nc2Cl)CC1. The van der Waals surface area contributed by atoms with Crippen LogP contribution in [0, 0.1) is 0 Å². The highest BCUT2D eigenvalue weighted by molar-refractivity contribution is 6.34. The van der Waals surface area contributed by atoms with Crippen molar-refractivity contribution in [3.05, 3.63) is 28.0 Å². The molecular formula is C12H15Cl2N3O. The third kappa shape index (κ3) is 3.13. The molecule has 0 aromatic carbocycles. The number of halogens is 2. The standard InChI is InChI=1S/C12H15Cl2N3O/c1-16-5-2-6-17(8-7-16)12(18)9-3-4-10(13)15-11(9)14/h3-4H,2,5-8H2,1H3. The summed E-state index contributed by atoms with van der Waals surface area (Å²) in [5.41, 5.74) is 0.422. The molecule has 4 nitrogen and oxygen atoms in total. The molecule has 0 N–H and O–H groups in total. The molecule has 1 aliphatic heterocycles. The molecule has 1 aromatic rings. The number of likely N-dealkylation sites (N-methyl/N-ethyl adjacent to an activating group) is 1. The molecule has 1 aliphatic rings. The van der Waals surface area contributed by atoms with Gasteiger partial charge in [0.25, 0.3) is 5.91 Å². The van der Waals surface area contributed by atoms with Crippen LogP contribution >= 0.6 is 23.2 Å². The Labute approximate surface area is 116 Å². The smallest absolute Gasteiger partial charge is 0.257 e. The first-order valence-electron chi connectivity index (χ1n) is 5.88. The van der Waals surface area contributed by atoms with E-state index in [0.717, 1.165) is 26.1 Å². The maximum absolute atomic E-state index is 12.3. The van der Waals surface area contributed by atoms with Gasteiger partial charge in [0.05, 0.1) is 5.56 Å². The topological polar surface area (TPSA) is 36.4 Å². The maximum atomic E-state index is 12.3. The molecule has 0 saturated carbocycles. The molecule has 2 rings (SSSR count). The Morgan fingerprint density at radius 3 is 2.72 bits per heavy atom. The van der Waals surface area contributed by atoms with Crippen LogP contribution in [0.5, 0.6) is 0 Å². The number of rotatable bonds is 1. The fourth-order valence-corrected chi connectivity index (χ4v) is 2.42. The van der Waals surface area contributed by atoms with Crippen molar-refractivity contribution < 1.29 is 4.79 Å². The van der Waals surface area contributed by atoms with Gasteiger partial charge in [-0.1, -0.05) is 23.2 Å². The highest BCUT2D eigenvalue weighted by Crippen LogP contribution is 2.19. The summed E-state index contributed by atoms with van der Waals surface area (Å²) in [5.74, 6) is -0.0699. The van der Waals surface area contributed by atoms with Crippen LogP contribution in [0.4, 0.5) is 0 Å². The van der Waals surface area contributed by atoms with Gasteiger partial charge < -0.3 is 9.80 Å². The second-order valence-corrected chi connectivity index (χ2v) is 5.17. The Kier molecular flexibility index (Phi) is 4.43. The number of nitrogens with zero attached hydrogens (tertiary/aromatic N) is 3. The van der Waals surface area contributed by atoms with Crippen LogP contribution < -0.4 is 0 Å². The van der Waals surface area contributed by atoms with Crippen LogP contribution in [0.15, 0.2) is 12.1 Å². The molecule has 6 heteroatoms. The fourth-order valence-electron chi connectivity index (χ4n) is 1.99. The van der Waals surface area contributed by atoms with E-state index in [4.69, 9.17) is 23.2 Å². The molecule has 1 aromatic heterocycles. The summed E-state index contributed by atoms with van der Waals surface area (Å²) in [6, 6.07) is 3.22. The maximum Gasteiger partial charge on any atom is 0.257 e. The summed E-state index contributed by atoms with van der Waals surface area (Å²) >= 11 is 11.7. The molecule has 0 unspecified atom stereocenters. The first kappa shape index (κ1) is 13.6. The second-order valence-electron chi connectivity index (χ2n) is 4.42. The lowest BCUT2D eigenvalue weighted by molar-refractivity contribution is 0.0762. The van der Waals surface area contributed by atoms with Crippen molar-refractivity contribution in [1.82, 2.24) is 14.8 Å². The van der Waals surface area contributed by atoms with E-state index in [1.807, 2.05) is 4.90 Å². The van der Waals surface area contributed by atoms with Gasteiger partial charge in [-0.15, -0.1) is 0 Å². The molecule has 18 heavy (non-hydrogen) atoms. The largest absolute Gasteiger partial charge is 0.337 e. The zero-order valence-corrected chi connectivity index (χ0v) is 11.7. The van der Waals surface area contributed by atoms with E-state index in [2.05, 4.69) is 16.9 Å². The second kappa shape index (κ2) is 5.87. The number of hydrogen-bond donors (Lipinski definition) is 0. The van der Waals surface area contributed by atoms with E-state index in [0.29, 0.717) is 17.3 Å². The molecule has 1 saturated heterocycles. The zero-order chi connectivity index (χ0) is 13.1. The van der Waals surface area contributed by atoms with Crippen molar-refractivity contribution in [1.29, 1.82) is 0 Å². The van der Waals surface area contributed by atoms with E-state index in [1.165, 1.54) is 0 Å². The van der Waals surface area contributed by atoms with E-state index in [9.17, 15) is 4.79 Å². The Morgan fingerprint density at radius 1 is 1.22 bits per heavy atom. The van der Waals surface area contributed by atoms with Gasteiger partial charge in [-0.2, -0.15) is 0 Å². The Hall–Kier alpha value is -0.840. The molecule has 0 bridgehead atoms. The minimum absolute atomic E-state index is 0.0699. The number of carbonyl (C=O) groups is 1. The van der Waals surface area contributed by atoms with E-state index in [-0.39, 0.29) is 11.1 Å². The minimum atomic E-state index is -0.0699. The van der Waals surface area contributed by atoms with Crippen LogP contribution in [0.25, 0.3) is 0 Å². The summed E-state index contributed by atoms with van der Waals surface area (Å²) in [4.78, 5) is 20.3. The lowest BCUT2D eigenvalue weighted by Crippen LogP contribution is -2.34. The Balaban J connectivity index is 2.15. The van der Waals surface area contributed by atoms with Crippen molar-refractivity contribution in [3.63, 3.8) is 0 Å². The predicted octanol–water partition coefficient (Wildman–Crippen LogP) is 2.17. The van der Waals surface area contributed by atoms with Crippen LogP contribution in [0.2, 0.25) is 10.3 Å². The van der Waals surface area contributed by atoms with Crippen molar-refractivity contribution in [2.24, 2.45) is 0 Å². The third-order valence-electron chi connectivity index (χ3n) is 3.05. The average molecular weight is 288 g/mol. The van der Waals surface area contributed by atoms with Gasteiger partial charge in [0, 0.05) is 19.6 Å². The lowest BCUT2D eigenvalue weighted by Gasteiger charge is -2.20. The Morgan fingerprint density at radius 2 is 2.00 bits per heavy atom. The Bertz CT molecular complexity index is 453. The molecule has 0 atom stereocenters. The van der Waals surface area contributed by atoms with Crippen molar-refractivity contribution in [2.45, 2.75) is 6.42 Å². The van der Waals surface area contributed by atoms with E-state index >= 15 is 0 Å². The summed E-state index contributed by atoms with van der Waals surface area (Å²) in [6.07, 6.45) is 0.973. The number of pyridine rings is 1. The summed E-state index contributed by atoms with van der Waals surface area (Å²) in [5, 5.41) is 0.470. The van der Waals surface area contributed by atoms with Crippen LogP contribution in [0.3, 0.4) is 0 Å². The molecule has 2 heterocycles. The average Bonchev–Trinajstić information content (AvgIpc) is 2.53. The summed E-state index contributed by atoms with van der Waals surface area (Å²) in [7, 11) is 2.06. The molecule has 1 amide bonds. The van der Waals surface area contributed by atoms with Gasteiger partial charge in [0.2, 0.25) is 0 Å².